The van der Waals surface area contributed by atoms with Crippen molar-refractivity contribution in [3.05, 3.63) is 63.9 Å². The van der Waals surface area contributed by atoms with Gasteiger partial charge in [-0.25, -0.2) is 4.39 Å². The zero-order valence-electron chi connectivity index (χ0n) is 11.9. The van der Waals surface area contributed by atoms with Crippen LogP contribution < -0.4 is 4.74 Å². The summed E-state index contributed by atoms with van der Waals surface area (Å²) in [6.45, 7) is 0.546. The van der Waals surface area contributed by atoms with Gasteiger partial charge in [-0.3, -0.25) is 4.79 Å². The maximum absolute atomic E-state index is 13.7. The van der Waals surface area contributed by atoms with Crippen LogP contribution in [0, 0.1) is 5.82 Å². The molecule has 0 saturated heterocycles. The van der Waals surface area contributed by atoms with E-state index in [1.165, 1.54) is 23.1 Å². The highest BCUT2D eigenvalue weighted by Crippen LogP contribution is 2.20. The molecular weight excluding hydrogens is 328 g/mol. The van der Waals surface area contributed by atoms with Gasteiger partial charge in [0.15, 0.2) is 0 Å². The topological polar surface area (TPSA) is 29.5 Å². The molecule has 0 aliphatic heterocycles. The van der Waals surface area contributed by atoms with Crippen LogP contribution >= 0.6 is 23.2 Å². The number of amides is 1. The van der Waals surface area contributed by atoms with E-state index in [0.717, 1.165) is 0 Å². The van der Waals surface area contributed by atoms with Crippen LogP contribution in [0.25, 0.3) is 0 Å². The monoisotopic (exact) mass is 341 g/mol. The van der Waals surface area contributed by atoms with Gasteiger partial charge < -0.3 is 9.64 Å². The molecule has 2 rings (SSSR count). The van der Waals surface area contributed by atoms with Crippen LogP contribution in [0.5, 0.6) is 5.75 Å². The summed E-state index contributed by atoms with van der Waals surface area (Å²) in [4.78, 5) is 13.6. The minimum Gasteiger partial charge on any atom is -0.492 e. The molecule has 3 nitrogen and oxygen atoms in total. The lowest BCUT2D eigenvalue weighted by Gasteiger charge is -2.18. The van der Waals surface area contributed by atoms with Gasteiger partial charge in [0.05, 0.1) is 17.1 Å². The quantitative estimate of drug-likeness (QED) is 0.812. The van der Waals surface area contributed by atoms with Gasteiger partial charge in [-0.05, 0) is 30.3 Å². The Morgan fingerprint density at radius 2 is 1.95 bits per heavy atom. The summed E-state index contributed by atoms with van der Waals surface area (Å²) in [5, 5.41) is 0.660. The van der Waals surface area contributed by atoms with Crippen LogP contribution in [-0.4, -0.2) is 31.0 Å². The Hall–Kier alpha value is -1.78. The van der Waals surface area contributed by atoms with E-state index in [-0.39, 0.29) is 23.7 Å². The van der Waals surface area contributed by atoms with Crippen molar-refractivity contribution in [3.63, 3.8) is 0 Å². The third-order valence-electron chi connectivity index (χ3n) is 3.01. The first kappa shape index (κ1) is 16.6. The molecule has 0 aliphatic carbocycles. The lowest BCUT2D eigenvalue weighted by atomic mass is 10.2. The predicted octanol–water partition coefficient (Wildman–Crippen LogP) is 4.28. The van der Waals surface area contributed by atoms with Crippen molar-refractivity contribution in [2.24, 2.45) is 0 Å². The maximum Gasteiger partial charge on any atom is 0.258 e. The molecule has 0 saturated carbocycles. The number of carbonyl (C=O) groups is 1. The minimum atomic E-state index is -0.639. The maximum atomic E-state index is 13.7. The number of ether oxygens (including phenoxy) is 1. The fourth-order valence-electron chi connectivity index (χ4n) is 1.85. The highest BCUT2D eigenvalue weighted by Gasteiger charge is 2.19. The number of benzene rings is 2. The number of likely N-dealkylation sites (N-methyl/N-ethyl adjacent to an activating group) is 1. The largest absolute Gasteiger partial charge is 0.492 e. The third-order valence-corrected chi connectivity index (χ3v) is 3.56. The first-order valence-corrected chi connectivity index (χ1v) is 7.32. The molecule has 0 spiro atoms. The van der Waals surface area contributed by atoms with Gasteiger partial charge in [0.2, 0.25) is 0 Å². The van der Waals surface area contributed by atoms with E-state index in [9.17, 15) is 9.18 Å². The Morgan fingerprint density at radius 3 is 2.64 bits per heavy atom. The van der Waals surface area contributed by atoms with E-state index in [0.29, 0.717) is 10.8 Å². The average molecular weight is 342 g/mol. The lowest BCUT2D eigenvalue weighted by Crippen LogP contribution is -2.31. The van der Waals surface area contributed by atoms with Crippen molar-refractivity contribution in [2.45, 2.75) is 0 Å². The molecule has 1 amide bonds. The number of hydrogen-bond acceptors (Lipinski definition) is 2. The Bertz CT molecular complexity index is 659. The van der Waals surface area contributed by atoms with E-state index in [4.69, 9.17) is 27.9 Å². The molecule has 0 bridgehead atoms. The molecule has 116 valence electrons. The van der Waals surface area contributed by atoms with Crippen molar-refractivity contribution >= 4 is 29.1 Å². The van der Waals surface area contributed by atoms with E-state index in [2.05, 4.69) is 0 Å². The summed E-state index contributed by atoms with van der Waals surface area (Å²) >= 11 is 11.7. The van der Waals surface area contributed by atoms with Crippen molar-refractivity contribution in [2.75, 3.05) is 20.2 Å². The van der Waals surface area contributed by atoms with Crippen molar-refractivity contribution in [3.8, 4) is 5.75 Å². The minimum absolute atomic E-state index is 0.0904. The fourth-order valence-corrected chi connectivity index (χ4v) is 2.28. The summed E-state index contributed by atoms with van der Waals surface area (Å²) in [5.41, 5.74) is -0.130. The van der Waals surface area contributed by atoms with Crippen LogP contribution in [0.15, 0.2) is 42.5 Å². The molecule has 0 fully saturated rings. The van der Waals surface area contributed by atoms with Gasteiger partial charge in [0.25, 0.3) is 5.91 Å². The highest BCUT2D eigenvalue weighted by atomic mass is 35.5. The molecule has 6 heteroatoms. The molecule has 0 atom stereocenters. The second-order valence-corrected chi connectivity index (χ2v) is 5.47. The van der Waals surface area contributed by atoms with Gasteiger partial charge in [-0.15, -0.1) is 0 Å². The van der Waals surface area contributed by atoms with Crippen molar-refractivity contribution < 1.29 is 13.9 Å². The third kappa shape index (κ3) is 4.12. The molecule has 0 N–H and O–H groups in total. The van der Waals surface area contributed by atoms with E-state index in [1.54, 1.807) is 31.3 Å². The van der Waals surface area contributed by atoms with Gasteiger partial charge in [-0.1, -0.05) is 35.3 Å². The molecule has 0 aliphatic rings. The second-order valence-electron chi connectivity index (χ2n) is 4.63. The summed E-state index contributed by atoms with van der Waals surface area (Å²) in [7, 11) is 1.56. The number of carbonyl (C=O) groups excluding carboxylic acids is 1. The zero-order valence-corrected chi connectivity index (χ0v) is 13.4. The molecule has 0 radical (unpaired) electrons. The van der Waals surface area contributed by atoms with Crippen LogP contribution in [0.4, 0.5) is 4.39 Å². The Labute approximate surface area is 138 Å². The fraction of sp³-hybridized carbons (Fsp3) is 0.188. The molecule has 0 heterocycles. The standard InChI is InChI=1S/C16H14Cl2FNO2/c1-20(8-9-22-12-5-2-4-11(17)10-12)16(21)15-13(18)6-3-7-14(15)19/h2-7,10H,8-9H2,1H3. The predicted molar refractivity (Wildman–Crippen MR) is 85.3 cm³/mol. The molecule has 0 aromatic heterocycles. The van der Waals surface area contributed by atoms with Gasteiger partial charge in [0, 0.05) is 12.1 Å². The molecule has 0 unspecified atom stereocenters. The summed E-state index contributed by atoms with van der Waals surface area (Å²) in [6, 6.07) is 11.1. The first-order valence-electron chi connectivity index (χ1n) is 6.57. The summed E-state index contributed by atoms with van der Waals surface area (Å²) < 4.78 is 19.2. The average Bonchev–Trinajstić information content (AvgIpc) is 2.47. The smallest absolute Gasteiger partial charge is 0.258 e. The number of nitrogens with zero attached hydrogens (tertiary/aromatic N) is 1. The van der Waals surface area contributed by atoms with Crippen LogP contribution in [-0.2, 0) is 0 Å². The zero-order chi connectivity index (χ0) is 16.1. The second kappa shape index (κ2) is 7.47. The SMILES string of the molecule is CN(CCOc1cccc(Cl)c1)C(=O)c1c(F)cccc1Cl. The normalized spacial score (nSPS) is 10.4. The molecular formula is C16H14Cl2FNO2. The molecule has 22 heavy (non-hydrogen) atoms. The van der Waals surface area contributed by atoms with E-state index >= 15 is 0 Å². The Balaban J connectivity index is 1.95. The van der Waals surface area contributed by atoms with E-state index < -0.39 is 11.7 Å². The van der Waals surface area contributed by atoms with Crippen LogP contribution in [0.2, 0.25) is 10.0 Å². The highest BCUT2D eigenvalue weighted by molar-refractivity contribution is 6.33. The van der Waals surface area contributed by atoms with Gasteiger partial charge >= 0.3 is 0 Å². The number of hydrogen-bond donors (Lipinski definition) is 0. The van der Waals surface area contributed by atoms with Crippen molar-refractivity contribution in [1.29, 1.82) is 0 Å². The number of rotatable bonds is 5. The Morgan fingerprint density at radius 1 is 1.23 bits per heavy atom. The van der Waals surface area contributed by atoms with Gasteiger partial charge in [-0.2, -0.15) is 0 Å². The number of halogens is 3. The van der Waals surface area contributed by atoms with Crippen LogP contribution in [0.3, 0.4) is 0 Å². The van der Waals surface area contributed by atoms with E-state index in [1.807, 2.05) is 0 Å². The Kier molecular flexibility index (Phi) is 5.63. The summed E-state index contributed by atoms with van der Waals surface area (Å²) in [5.74, 6) is -0.518. The summed E-state index contributed by atoms with van der Waals surface area (Å²) in [6.07, 6.45) is 0. The van der Waals surface area contributed by atoms with Gasteiger partial charge in [0.1, 0.15) is 18.2 Å². The van der Waals surface area contributed by atoms with Crippen molar-refractivity contribution in [1.82, 2.24) is 4.90 Å². The van der Waals surface area contributed by atoms with Crippen LogP contribution in [0.1, 0.15) is 10.4 Å². The first-order chi connectivity index (χ1) is 10.5. The molecule has 2 aromatic carbocycles. The lowest BCUT2D eigenvalue weighted by molar-refractivity contribution is 0.0769. The molecule has 2 aromatic rings.